The van der Waals surface area contributed by atoms with Crippen LogP contribution in [0.3, 0.4) is 0 Å². The van der Waals surface area contributed by atoms with Crippen molar-refractivity contribution < 1.29 is 18.7 Å². The first-order valence-electron chi connectivity index (χ1n) is 3.46. The molecule has 0 aromatic heterocycles. The van der Waals surface area contributed by atoms with Gasteiger partial charge in [0, 0.05) is 6.42 Å². The van der Waals surface area contributed by atoms with Crippen LogP contribution in [0, 0.1) is 0 Å². The summed E-state index contributed by atoms with van der Waals surface area (Å²) in [6, 6.07) is 0. The van der Waals surface area contributed by atoms with Crippen LogP contribution in [-0.2, 0) is 14.3 Å². The molecule has 1 atom stereocenters. The highest BCUT2D eigenvalue weighted by atomic mass is 19.1. The van der Waals surface area contributed by atoms with Gasteiger partial charge in [0.1, 0.15) is 0 Å². The normalized spacial score (nSPS) is 12.3. The number of hydrogen-bond donors (Lipinski definition) is 0. The van der Waals surface area contributed by atoms with Gasteiger partial charge in [0.2, 0.25) is 0 Å². The van der Waals surface area contributed by atoms with E-state index in [4.69, 9.17) is 0 Å². The molecule has 0 radical (unpaired) electrons. The molecule has 11 heavy (non-hydrogen) atoms. The Labute approximate surface area is 64.5 Å². The molecular formula is C7H11FO3. The lowest BCUT2D eigenvalue weighted by Gasteiger charge is -2.03. The molecule has 0 aliphatic rings. The summed E-state index contributed by atoms with van der Waals surface area (Å²) in [6.07, 6.45) is -2.08. The number of halogens is 1. The molecule has 0 saturated carbocycles. The highest BCUT2D eigenvalue weighted by molar-refractivity contribution is 6.01. The van der Waals surface area contributed by atoms with E-state index in [0.717, 1.165) is 0 Å². The zero-order valence-corrected chi connectivity index (χ0v) is 6.59. The van der Waals surface area contributed by atoms with E-state index < -0.39 is 17.9 Å². The molecule has 3 nitrogen and oxygen atoms in total. The van der Waals surface area contributed by atoms with Crippen LogP contribution in [0.25, 0.3) is 0 Å². The van der Waals surface area contributed by atoms with Crippen LogP contribution >= 0.6 is 0 Å². The molecule has 64 valence electrons. The summed E-state index contributed by atoms with van der Waals surface area (Å²) in [5.74, 6) is -1.82. The number of ether oxygens (including phenoxy) is 1. The zero-order valence-electron chi connectivity index (χ0n) is 6.59. The third kappa shape index (κ3) is 3.11. The average molecular weight is 162 g/mol. The summed E-state index contributed by atoms with van der Waals surface area (Å²) in [5, 5.41) is 0. The van der Waals surface area contributed by atoms with Gasteiger partial charge in [-0.2, -0.15) is 0 Å². The predicted molar refractivity (Wildman–Crippen MR) is 36.8 cm³/mol. The number of esters is 1. The van der Waals surface area contributed by atoms with Gasteiger partial charge in [0.05, 0.1) is 6.61 Å². The van der Waals surface area contributed by atoms with E-state index in [1.54, 1.807) is 6.92 Å². The lowest BCUT2D eigenvalue weighted by Crippen LogP contribution is -2.27. The Morgan fingerprint density at radius 2 is 2.00 bits per heavy atom. The van der Waals surface area contributed by atoms with Gasteiger partial charge in [-0.25, -0.2) is 9.18 Å². The second kappa shape index (κ2) is 4.82. The maximum Gasteiger partial charge on any atom is 0.348 e. The van der Waals surface area contributed by atoms with Gasteiger partial charge < -0.3 is 4.74 Å². The van der Waals surface area contributed by atoms with Crippen LogP contribution in [-0.4, -0.2) is 24.5 Å². The van der Waals surface area contributed by atoms with Crippen molar-refractivity contribution in [1.29, 1.82) is 0 Å². The number of rotatable bonds is 4. The van der Waals surface area contributed by atoms with Crippen molar-refractivity contribution in [2.75, 3.05) is 6.61 Å². The number of Topliss-reactive ketones (excluding diaryl/α,β-unsaturated/α-hetero) is 1. The first-order chi connectivity index (χ1) is 5.13. The fraction of sp³-hybridized carbons (Fsp3) is 0.714. The summed E-state index contributed by atoms with van der Waals surface area (Å²) in [7, 11) is 0. The minimum absolute atomic E-state index is 0.0139. The van der Waals surface area contributed by atoms with Crippen LogP contribution in [0.15, 0.2) is 0 Å². The Balaban J connectivity index is 3.91. The fourth-order valence-electron chi connectivity index (χ4n) is 0.526. The van der Waals surface area contributed by atoms with E-state index in [2.05, 4.69) is 4.74 Å². The van der Waals surface area contributed by atoms with Crippen molar-refractivity contribution in [2.45, 2.75) is 26.4 Å². The van der Waals surface area contributed by atoms with Gasteiger partial charge in [-0.15, -0.1) is 0 Å². The molecule has 0 aromatic carbocycles. The van der Waals surface area contributed by atoms with Crippen LogP contribution in [0.2, 0.25) is 0 Å². The molecule has 0 spiro atoms. The Morgan fingerprint density at radius 3 is 2.36 bits per heavy atom. The molecule has 0 aromatic rings. The quantitative estimate of drug-likeness (QED) is 0.455. The number of ketones is 1. The molecule has 0 aliphatic heterocycles. The summed E-state index contributed by atoms with van der Waals surface area (Å²) in [5.41, 5.74) is 0. The van der Waals surface area contributed by atoms with E-state index in [-0.39, 0.29) is 13.0 Å². The van der Waals surface area contributed by atoms with Crippen molar-refractivity contribution in [1.82, 2.24) is 0 Å². The summed E-state index contributed by atoms with van der Waals surface area (Å²) < 4.78 is 16.8. The molecule has 0 amide bonds. The van der Waals surface area contributed by atoms with E-state index in [1.807, 2.05) is 0 Å². The van der Waals surface area contributed by atoms with Crippen molar-refractivity contribution in [2.24, 2.45) is 0 Å². The van der Waals surface area contributed by atoms with Crippen LogP contribution in [0.4, 0.5) is 4.39 Å². The maximum atomic E-state index is 12.6. The van der Waals surface area contributed by atoms with Crippen LogP contribution in [0.1, 0.15) is 20.3 Å². The van der Waals surface area contributed by atoms with Crippen LogP contribution in [0.5, 0.6) is 0 Å². The Morgan fingerprint density at radius 1 is 1.45 bits per heavy atom. The van der Waals surface area contributed by atoms with Gasteiger partial charge in [-0.05, 0) is 6.92 Å². The van der Waals surface area contributed by atoms with Gasteiger partial charge >= 0.3 is 5.97 Å². The van der Waals surface area contributed by atoms with Gasteiger partial charge in [0.15, 0.2) is 5.78 Å². The largest absolute Gasteiger partial charge is 0.463 e. The smallest absolute Gasteiger partial charge is 0.348 e. The summed E-state index contributed by atoms with van der Waals surface area (Å²) >= 11 is 0. The zero-order chi connectivity index (χ0) is 8.85. The molecule has 0 heterocycles. The Hall–Kier alpha value is -0.930. The topological polar surface area (TPSA) is 43.4 Å². The van der Waals surface area contributed by atoms with Crippen LogP contribution < -0.4 is 0 Å². The summed E-state index contributed by atoms with van der Waals surface area (Å²) in [6.45, 7) is 3.14. The maximum absolute atomic E-state index is 12.6. The third-order valence-electron chi connectivity index (χ3n) is 1.12. The summed E-state index contributed by atoms with van der Waals surface area (Å²) in [4.78, 5) is 21.1. The lowest BCUT2D eigenvalue weighted by molar-refractivity contribution is -0.152. The second-order valence-electron chi connectivity index (χ2n) is 1.93. The van der Waals surface area contributed by atoms with E-state index in [0.29, 0.717) is 0 Å². The molecule has 1 unspecified atom stereocenters. The van der Waals surface area contributed by atoms with E-state index >= 15 is 0 Å². The Kier molecular flexibility index (Phi) is 4.41. The SMILES string of the molecule is CCOC(=O)C(F)C(=O)CC. The van der Waals surface area contributed by atoms with Gasteiger partial charge in [-0.1, -0.05) is 6.92 Å². The van der Waals surface area contributed by atoms with Crippen molar-refractivity contribution in [3.63, 3.8) is 0 Å². The number of carbonyl (C=O) groups is 2. The lowest BCUT2D eigenvalue weighted by atomic mass is 10.2. The minimum Gasteiger partial charge on any atom is -0.463 e. The van der Waals surface area contributed by atoms with E-state index in [1.165, 1.54) is 6.92 Å². The average Bonchev–Trinajstić information content (AvgIpc) is 2.02. The van der Waals surface area contributed by atoms with Crippen molar-refractivity contribution in [3.05, 3.63) is 0 Å². The molecule has 0 N–H and O–H groups in total. The number of carbonyl (C=O) groups excluding carboxylic acids is 2. The Bertz CT molecular complexity index is 156. The molecule has 0 rings (SSSR count). The molecule has 4 heteroatoms. The fourth-order valence-corrected chi connectivity index (χ4v) is 0.526. The third-order valence-corrected chi connectivity index (χ3v) is 1.12. The highest BCUT2D eigenvalue weighted by Gasteiger charge is 2.25. The molecule has 0 bridgehead atoms. The van der Waals surface area contributed by atoms with Gasteiger partial charge in [-0.3, -0.25) is 4.79 Å². The standard InChI is InChI=1S/C7H11FO3/c1-3-5(9)6(8)7(10)11-4-2/h6H,3-4H2,1-2H3. The molecular weight excluding hydrogens is 151 g/mol. The molecule has 0 saturated heterocycles. The first-order valence-corrected chi connectivity index (χ1v) is 3.46. The minimum atomic E-state index is -2.10. The highest BCUT2D eigenvalue weighted by Crippen LogP contribution is 1.99. The van der Waals surface area contributed by atoms with Crippen molar-refractivity contribution >= 4 is 11.8 Å². The molecule has 0 aliphatic carbocycles. The van der Waals surface area contributed by atoms with Gasteiger partial charge in [0.25, 0.3) is 6.17 Å². The predicted octanol–water partition coefficient (Wildman–Crippen LogP) is 0.867. The molecule has 0 fully saturated rings. The second-order valence-corrected chi connectivity index (χ2v) is 1.93. The number of hydrogen-bond acceptors (Lipinski definition) is 3. The first kappa shape index (κ1) is 10.1. The number of alkyl halides is 1. The monoisotopic (exact) mass is 162 g/mol. The van der Waals surface area contributed by atoms with Crippen molar-refractivity contribution in [3.8, 4) is 0 Å². The van der Waals surface area contributed by atoms with E-state index in [9.17, 15) is 14.0 Å².